The molecule has 3 aromatic carbocycles. The first kappa shape index (κ1) is 26.0. The quantitative estimate of drug-likeness (QED) is 0.251. The fourth-order valence-corrected chi connectivity index (χ4v) is 4.32. The Kier molecular flexibility index (Phi) is 8.30. The first-order valence-electron chi connectivity index (χ1n) is 11.5. The number of hydrogen-bond acceptors (Lipinski definition) is 4. The Balaban J connectivity index is 1.63. The van der Waals surface area contributed by atoms with Crippen molar-refractivity contribution in [1.82, 2.24) is 9.80 Å². The van der Waals surface area contributed by atoms with E-state index in [0.29, 0.717) is 27.7 Å². The summed E-state index contributed by atoms with van der Waals surface area (Å²) >= 11 is 3.36. The summed E-state index contributed by atoms with van der Waals surface area (Å²) in [6.07, 6.45) is 2.90. The van der Waals surface area contributed by atoms with E-state index in [4.69, 9.17) is 4.42 Å². The molecule has 0 aliphatic rings. The Hall–Kier alpha value is -4.04. The van der Waals surface area contributed by atoms with Crippen molar-refractivity contribution in [1.29, 1.82) is 0 Å². The third-order valence-corrected chi connectivity index (χ3v) is 6.28. The minimum atomic E-state index is -0.395. The summed E-state index contributed by atoms with van der Waals surface area (Å²) < 4.78 is 19.8. The predicted molar refractivity (Wildman–Crippen MR) is 143 cm³/mol. The molecule has 4 rings (SSSR count). The summed E-state index contributed by atoms with van der Waals surface area (Å²) in [6, 6.07) is 19.5. The Labute approximate surface area is 221 Å². The van der Waals surface area contributed by atoms with Gasteiger partial charge in [-0.15, -0.1) is 6.58 Å². The Morgan fingerprint density at radius 3 is 2.46 bits per heavy atom. The minimum Gasteiger partial charge on any atom is -0.464 e. The molecule has 37 heavy (non-hydrogen) atoms. The zero-order chi connectivity index (χ0) is 26.4. The van der Waals surface area contributed by atoms with E-state index in [9.17, 15) is 18.8 Å². The molecule has 1 heterocycles. The number of rotatable bonds is 9. The predicted octanol–water partition coefficient (Wildman–Crippen LogP) is 5.55. The molecule has 188 valence electrons. The van der Waals surface area contributed by atoms with Crippen molar-refractivity contribution in [2.24, 2.45) is 0 Å². The average Bonchev–Trinajstić information content (AvgIpc) is 2.90. The van der Waals surface area contributed by atoms with Gasteiger partial charge in [-0.05, 0) is 48.0 Å². The third-order valence-electron chi connectivity index (χ3n) is 5.79. The Morgan fingerprint density at radius 2 is 1.73 bits per heavy atom. The average molecular weight is 563 g/mol. The summed E-state index contributed by atoms with van der Waals surface area (Å²) in [5.41, 5.74) is 1.59. The monoisotopic (exact) mass is 562 g/mol. The van der Waals surface area contributed by atoms with E-state index in [1.807, 2.05) is 0 Å². The molecule has 0 saturated carbocycles. The van der Waals surface area contributed by atoms with Gasteiger partial charge in [-0.2, -0.15) is 0 Å². The van der Waals surface area contributed by atoms with Crippen molar-refractivity contribution >= 4 is 38.7 Å². The summed E-state index contributed by atoms with van der Waals surface area (Å²) in [5.74, 6) is -1.11. The molecule has 0 atom stereocenters. The summed E-state index contributed by atoms with van der Waals surface area (Å²) in [4.78, 5) is 42.7. The van der Waals surface area contributed by atoms with Crippen LogP contribution in [0.2, 0.25) is 0 Å². The van der Waals surface area contributed by atoms with Crippen LogP contribution in [0.5, 0.6) is 0 Å². The number of carbonyl (C=O) groups is 2. The lowest BCUT2D eigenvalue weighted by Crippen LogP contribution is -2.43. The Morgan fingerprint density at radius 1 is 0.973 bits per heavy atom. The lowest BCUT2D eigenvalue weighted by Gasteiger charge is -2.27. The van der Waals surface area contributed by atoms with Gasteiger partial charge in [0.05, 0.1) is 23.8 Å². The van der Waals surface area contributed by atoms with E-state index in [-0.39, 0.29) is 43.4 Å². The lowest BCUT2D eigenvalue weighted by molar-refractivity contribution is -0.133. The normalized spacial score (nSPS) is 10.8. The second-order valence-corrected chi connectivity index (χ2v) is 9.36. The van der Waals surface area contributed by atoms with E-state index in [2.05, 4.69) is 22.5 Å². The molecule has 0 saturated heterocycles. The van der Waals surface area contributed by atoms with E-state index in [1.165, 1.54) is 28.2 Å². The molecule has 0 N–H and O–H groups in total. The number of para-hydroxylation sites is 1. The van der Waals surface area contributed by atoms with E-state index in [1.54, 1.807) is 66.7 Å². The second kappa shape index (κ2) is 11.8. The molecule has 1 aromatic heterocycles. The van der Waals surface area contributed by atoms with Gasteiger partial charge in [0, 0.05) is 23.1 Å². The number of nitrogens with zero attached hydrogens (tertiary/aromatic N) is 2. The molecule has 0 fully saturated rings. The fraction of sp³-hybridized carbons (Fsp3) is 0.138. The van der Waals surface area contributed by atoms with Crippen molar-refractivity contribution in [2.75, 3.05) is 13.1 Å². The van der Waals surface area contributed by atoms with E-state index >= 15 is 0 Å². The maximum absolute atomic E-state index is 13.6. The van der Waals surface area contributed by atoms with Crippen molar-refractivity contribution in [3.8, 4) is 0 Å². The number of benzene rings is 3. The first-order valence-corrected chi connectivity index (χ1v) is 12.3. The van der Waals surface area contributed by atoms with Crippen LogP contribution >= 0.6 is 15.9 Å². The highest BCUT2D eigenvalue weighted by Crippen LogP contribution is 2.17. The van der Waals surface area contributed by atoms with Gasteiger partial charge in [0.1, 0.15) is 17.9 Å². The SMILES string of the molecule is C=CCN(CC(=O)N(Cc1ccc(F)cc1)Cc1coc2ccccc2c1=O)C(=O)c1cccc(Br)c1. The van der Waals surface area contributed by atoms with Gasteiger partial charge in [0.15, 0.2) is 5.43 Å². The molecule has 0 spiro atoms. The second-order valence-electron chi connectivity index (χ2n) is 8.45. The van der Waals surface area contributed by atoms with Crippen LogP contribution in [-0.4, -0.2) is 34.7 Å². The highest BCUT2D eigenvalue weighted by atomic mass is 79.9. The van der Waals surface area contributed by atoms with Crippen LogP contribution in [-0.2, 0) is 17.9 Å². The highest BCUT2D eigenvalue weighted by molar-refractivity contribution is 9.10. The lowest BCUT2D eigenvalue weighted by atomic mass is 10.1. The third kappa shape index (κ3) is 6.40. The topological polar surface area (TPSA) is 70.8 Å². The maximum Gasteiger partial charge on any atom is 0.254 e. The smallest absolute Gasteiger partial charge is 0.254 e. The number of halogens is 2. The van der Waals surface area contributed by atoms with Gasteiger partial charge in [-0.1, -0.05) is 52.3 Å². The molecule has 8 heteroatoms. The number of fused-ring (bicyclic) bond motifs is 1. The number of hydrogen-bond donors (Lipinski definition) is 0. The van der Waals surface area contributed by atoms with Crippen LogP contribution in [0.15, 0.2) is 105 Å². The maximum atomic E-state index is 13.6. The summed E-state index contributed by atoms with van der Waals surface area (Å²) in [5, 5.41) is 0.410. The van der Waals surface area contributed by atoms with Gasteiger partial charge in [0.25, 0.3) is 5.91 Å². The van der Waals surface area contributed by atoms with Crippen LogP contribution in [0.1, 0.15) is 21.5 Å². The van der Waals surface area contributed by atoms with Gasteiger partial charge < -0.3 is 14.2 Å². The zero-order valence-corrected chi connectivity index (χ0v) is 21.5. The van der Waals surface area contributed by atoms with Crippen LogP contribution in [0.4, 0.5) is 4.39 Å². The standard InChI is InChI=1S/C29H24BrFN2O4/c1-2-14-32(29(36)21-6-5-7-23(30)15-21)18-27(34)33(16-20-10-12-24(31)13-11-20)17-22-19-37-26-9-4-3-8-25(26)28(22)35/h2-13,15,19H,1,14,16-18H2. The van der Waals surface area contributed by atoms with Gasteiger partial charge >= 0.3 is 0 Å². The molecule has 0 radical (unpaired) electrons. The molecule has 0 bridgehead atoms. The minimum absolute atomic E-state index is 0.0453. The summed E-state index contributed by atoms with van der Waals surface area (Å²) in [6.45, 7) is 3.69. The van der Waals surface area contributed by atoms with Gasteiger partial charge in [-0.25, -0.2) is 4.39 Å². The summed E-state index contributed by atoms with van der Waals surface area (Å²) in [7, 11) is 0. The van der Waals surface area contributed by atoms with Crippen molar-refractivity contribution in [3.63, 3.8) is 0 Å². The van der Waals surface area contributed by atoms with Gasteiger partial charge in [0.2, 0.25) is 5.91 Å². The molecule has 0 unspecified atom stereocenters. The zero-order valence-electron chi connectivity index (χ0n) is 19.9. The molecule has 0 aliphatic heterocycles. The molecule has 0 aliphatic carbocycles. The van der Waals surface area contributed by atoms with Crippen molar-refractivity contribution in [3.05, 3.63) is 129 Å². The van der Waals surface area contributed by atoms with Crippen molar-refractivity contribution in [2.45, 2.75) is 13.1 Å². The van der Waals surface area contributed by atoms with E-state index < -0.39 is 5.82 Å². The largest absolute Gasteiger partial charge is 0.464 e. The number of amides is 2. The molecular formula is C29H24BrFN2O4. The molecule has 6 nitrogen and oxygen atoms in total. The van der Waals surface area contributed by atoms with Crippen LogP contribution in [0.3, 0.4) is 0 Å². The first-order chi connectivity index (χ1) is 17.9. The molecule has 4 aromatic rings. The van der Waals surface area contributed by atoms with Crippen LogP contribution in [0.25, 0.3) is 11.0 Å². The highest BCUT2D eigenvalue weighted by Gasteiger charge is 2.23. The molecular weight excluding hydrogens is 539 g/mol. The van der Waals surface area contributed by atoms with Gasteiger partial charge in [-0.3, -0.25) is 14.4 Å². The van der Waals surface area contributed by atoms with Crippen LogP contribution in [0, 0.1) is 5.82 Å². The van der Waals surface area contributed by atoms with E-state index in [0.717, 1.165) is 4.47 Å². The number of carbonyl (C=O) groups excluding carboxylic acids is 2. The van der Waals surface area contributed by atoms with Crippen molar-refractivity contribution < 1.29 is 18.4 Å². The van der Waals surface area contributed by atoms with Crippen LogP contribution < -0.4 is 5.43 Å². The Bertz CT molecular complexity index is 1500. The molecule has 2 amide bonds. The fourth-order valence-electron chi connectivity index (χ4n) is 3.92.